The van der Waals surface area contributed by atoms with Gasteiger partial charge in [0.25, 0.3) is 0 Å². The van der Waals surface area contributed by atoms with Crippen LogP contribution in [0.3, 0.4) is 0 Å². The van der Waals surface area contributed by atoms with Crippen molar-refractivity contribution in [2.75, 3.05) is 13.7 Å². The van der Waals surface area contributed by atoms with E-state index in [1.807, 2.05) is 4.72 Å². The molecule has 116 valence electrons. The highest BCUT2D eigenvalue weighted by Gasteiger charge is 2.22. The summed E-state index contributed by atoms with van der Waals surface area (Å²) in [4.78, 5) is 21.6. The Morgan fingerprint density at radius 2 is 2.00 bits per heavy atom. The normalized spacial score (nSPS) is 12.7. The summed E-state index contributed by atoms with van der Waals surface area (Å²) in [5, 5.41) is 18.2. The lowest BCUT2D eigenvalue weighted by molar-refractivity contribution is -0.149. The van der Waals surface area contributed by atoms with Crippen LogP contribution in [0.4, 0.5) is 0 Å². The summed E-state index contributed by atoms with van der Waals surface area (Å²) in [7, 11) is -3.01. The number of ether oxygens (including phenoxy) is 1. The maximum atomic E-state index is 12.1. The van der Waals surface area contributed by atoms with Gasteiger partial charge in [0.1, 0.15) is 0 Å². The van der Waals surface area contributed by atoms with E-state index in [0.717, 1.165) is 13.2 Å². The largest absolute Gasteiger partial charge is 0.478 e. The van der Waals surface area contributed by atoms with Crippen molar-refractivity contribution in [1.82, 2.24) is 4.72 Å². The van der Waals surface area contributed by atoms with Crippen LogP contribution in [0, 0.1) is 6.92 Å². The van der Waals surface area contributed by atoms with Crippen molar-refractivity contribution in [3.8, 4) is 0 Å². The van der Waals surface area contributed by atoms with E-state index in [4.69, 9.17) is 5.11 Å². The van der Waals surface area contributed by atoms with Gasteiger partial charge in [-0.15, -0.1) is 0 Å². The zero-order chi connectivity index (χ0) is 16.2. The van der Waals surface area contributed by atoms with Crippen molar-refractivity contribution in [2.45, 2.75) is 17.9 Å². The Balaban J connectivity index is 3.00. The number of carbonyl (C=O) groups is 2. The number of aromatic carboxylic acids is 1. The number of carboxylic acid groups (broad SMARTS) is 1. The third-order valence-electron chi connectivity index (χ3n) is 2.66. The summed E-state index contributed by atoms with van der Waals surface area (Å²) in [6.07, 6.45) is -1.65. The van der Waals surface area contributed by atoms with Crippen LogP contribution in [0.2, 0.25) is 0 Å². The number of aryl methyl sites for hydroxylation is 1. The summed E-state index contributed by atoms with van der Waals surface area (Å²) in [5.41, 5.74) is 0.148. The molecule has 1 aromatic carbocycles. The molecule has 0 saturated heterocycles. The smallest absolute Gasteiger partial charge is 0.336 e. The highest BCUT2D eigenvalue weighted by Crippen LogP contribution is 2.17. The van der Waals surface area contributed by atoms with E-state index in [1.165, 1.54) is 19.1 Å². The van der Waals surface area contributed by atoms with E-state index in [0.29, 0.717) is 5.56 Å². The molecule has 0 spiro atoms. The van der Waals surface area contributed by atoms with E-state index in [9.17, 15) is 23.1 Å². The average molecular weight is 317 g/mol. The summed E-state index contributed by atoms with van der Waals surface area (Å²) in [6, 6.07) is 3.64. The lowest BCUT2D eigenvalue weighted by atomic mass is 10.1. The average Bonchev–Trinajstić information content (AvgIpc) is 2.43. The van der Waals surface area contributed by atoms with Crippen molar-refractivity contribution < 1.29 is 33.0 Å². The predicted octanol–water partition coefficient (Wildman–Crippen LogP) is -0.495. The van der Waals surface area contributed by atoms with E-state index < -0.39 is 34.6 Å². The number of aliphatic hydroxyl groups excluding tert-OH is 1. The first-order chi connectivity index (χ1) is 9.69. The second-order valence-electron chi connectivity index (χ2n) is 4.18. The minimum atomic E-state index is -4.06. The Hall–Kier alpha value is -1.97. The molecule has 0 aromatic heterocycles. The molecule has 0 saturated carbocycles. The second-order valence-corrected chi connectivity index (χ2v) is 5.91. The molecule has 0 aliphatic rings. The van der Waals surface area contributed by atoms with Gasteiger partial charge >= 0.3 is 11.9 Å². The number of aliphatic hydroxyl groups is 1. The van der Waals surface area contributed by atoms with Gasteiger partial charge in [-0.3, -0.25) is 0 Å². The van der Waals surface area contributed by atoms with E-state index in [1.54, 1.807) is 0 Å². The van der Waals surface area contributed by atoms with Crippen LogP contribution in [0.25, 0.3) is 0 Å². The predicted molar refractivity (Wildman–Crippen MR) is 71.3 cm³/mol. The molecule has 8 nitrogen and oxygen atoms in total. The zero-order valence-electron chi connectivity index (χ0n) is 11.4. The van der Waals surface area contributed by atoms with Crippen LogP contribution in [0.5, 0.6) is 0 Å². The second kappa shape index (κ2) is 6.66. The Labute approximate surface area is 121 Å². The van der Waals surface area contributed by atoms with Crippen LogP contribution in [-0.2, 0) is 19.6 Å². The Kier molecular flexibility index (Phi) is 5.41. The fraction of sp³-hybridized carbons (Fsp3) is 0.333. The van der Waals surface area contributed by atoms with Gasteiger partial charge in [0.15, 0.2) is 6.10 Å². The fourth-order valence-corrected chi connectivity index (χ4v) is 2.82. The molecule has 21 heavy (non-hydrogen) atoms. The zero-order valence-corrected chi connectivity index (χ0v) is 12.2. The molecule has 0 radical (unpaired) electrons. The molecule has 0 fully saturated rings. The molecule has 0 amide bonds. The number of nitrogens with one attached hydrogen (secondary N) is 1. The molecule has 1 rings (SSSR count). The molecule has 9 heteroatoms. The van der Waals surface area contributed by atoms with Crippen molar-refractivity contribution >= 4 is 22.0 Å². The lowest BCUT2D eigenvalue weighted by Crippen LogP contribution is -2.37. The van der Waals surface area contributed by atoms with Crippen molar-refractivity contribution in [1.29, 1.82) is 0 Å². The third kappa shape index (κ3) is 4.25. The molecule has 0 heterocycles. The quantitative estimate of drug-likeness (QED) is 0.603. The van der Waals surface area contributed by atoms with Gasteiger partial charge in [-0.2, -0.15) is 0 Å². The Bertz CT molecular complexity index is 654. The van der Waals surface area contributed by atoms with Crippen molar-refractivity contribution in [3.63, 3.8) is 0 Å². The summed E-state index contributed by atoms with van der Waals surface area (Å²) in [6.45, 7) is 0.919. The van der Waals surface area contributed by atoms with Gasteiger partial charge in [0, 0.05) is 6.54 Å². The SMILES string of the molecule is COC(=O)C(O)CNS(=O)(=O)c1cc(C(=O)O)ccc1C. The molecule has 1 unspecified atom stereocenters. The van der Waals surface area contributed by atoms with Gasteiger partial charge in [-0.25, -0.2) is 22.7 Å². The van der Waals surface area contributed by atoms with Crippen LogP contribution >= 0.6 is 0 Å². The third-order valence-corrected chi connectivity index (χ3v) is 4.23. The number of sulfonamides is 1. The number of hydrogen-bond acceptors (Lipinski definition) is 6. The molecular weight excluding hydrogens is 302 g/mol. The number of carboxylic acids is 1. The number of methoxy groups -OCH3 is 1. The Morgan fingerprint density at radius 3 is 2.52 bits per heavy atom. The fourth-order valence-electron chi connectivity index (χ4n) is 1.51. The number of esters is 1. The van der Waals surface area contributed by atoms with Crippen LogP contribution in [0.1, 0.15) is 15.9 Å². The number of carbonyl (C=O) groups excluding carboxylic acids is 1. The number of benzene rings is 1. The molecular formula is C12H15NO7S. The monoisotopic (exact) mass is 317 g/mol. The van der Waals surface area contributed by atoms with Crippen molar-refractivity contribution in [3.05, 3.63) is 29.3 Å². The van der Waals surface area contributed by atoms with E-state index >= 15 is 0 Å². The van der Waals surface area contributed by atoms with E-state index in [2.05, 4.69) is 4.74 Å². The maximum Gasteiger partial charge on any atom is 0.336 e. The first kappa shape index (κ1) is 17.1. The molecule has 0 aliphatic carbocycles. The molecule has 0 aliphatic heterocycles. The van der Waals surface area contributed by atoms with Gasteiger partial charge < -0.3 is 14.9 Å². The highest BCUT2D eigenvalue weighted by molar-refractivity contribution is 7.89. The van der Waals surface area contributed by atoms with Gasteiger partial charge in [0.2, 0.25) is 10.0 Å². The van der Waals surface area contributed by atoms with Crippen LogP contribution in [-0.4, -0.2) is 50.3 Å². The minimum absolute atomic E-state index is 0.186. The molecule has 1 atom stereocenters. The summed E-state index contributed by atoms with van der Waals surface area (Å²) >= 11 is 0. The number of hydrogen-bond donors (Lipinski definition) is 3. The van der Waals surface area contributed by atoms with Gasteiger partial charge in [-0.05, 0) is 24.6 Å². The summed E-state index contributed by atoms with van der Waals surface area (Å²) in [5.74, 6) is -2.24. The Morgan fingerprint density at radius 1 is 1.38 bits per heavy atom. The number of rotatable bonds is 6. The van der Waals surface area contributed by atoms with E-state index in [-0.39, 0.29) is 10.5 Å². The lowest BCUT2D eigenvalue weighted by Gasteiger charge is -2.12. The van der Waals surface area contributed by atoms with Gasteiger partial charge in [-0.1, -0.05) is 6.07 Å². The molecule has 1 aromatic rings. The first-order valence-electron chi connectivity index (χ1n) is 5.78. The topological polar surface area (TPSA) is 130 Å². The summed E-state index contributed by atoms with van der Waals surface area (Å²) < 4.78 is 30.4. The standard InChI is InChI=1S/C12H15NO7S/c1-7-3-4-8(11(15)16)5-10(7)21(18,19)13-6-9(14)12(17)20-2/h3-5,9,13-14H,6H2,1-2H3,(H,15,16). The molecule has 3 N–H and O–H groups in total. The maximum absolute atomic E-state index is 12.1. The van der Waals surface area contributed by atoms with Crippen LogP contribution < -0.4 is 4.72 Å². The van der Waals surface area contributed by atoms with Crippen LogP contribution in [0.15, 0.2) is 23.1 Å². The molecule has 0 bridgehead atoms. The highest BCUT2D eigenvalue weighted by atomic mass is 32.2. The first-order valence-corrected chi connectivity index (χ1v) is 7.27. The van der Waals surface area contributed by atoms with Crippen molar-refractivity contribution in [2.24, 2.45) is 0 Å². The van der Waals surface area contributed by atoms with Gasteiger partial charge in [0.05, 0.1) is 17.6 Å². The minimum Gasteiger partial charge on any atom is -0.478 e.